The van der Waals surface area contributed by atoms with Crippen molar-refractivity contribution >= 4 is 5.91 Å². The van der Waals surface area contributed by atoms with Crippen molar-refractivity contribution in [1.82, 2.24) is 5.32 Å². The van der Waals surface area contributed by atoms with Gasteiger partial charge in [0.1, 0.15) is 24.4 Å². The minimum Gasteiger partial charge on any atom is -0.394 e. The highest BCUT2D eigenvalue weighted by molar-refractivity contribution is 5.76. The first-order chi connectivity index (χ1) is 40.8. The van der Waals surface area contributed by atoms with Crippen molar-refractivity contribution in [2.75, 3.05) is 13.2 Å². The molecule has 1 aliphatic rings. The van der Waals surface area contributed by atoms with Crippen molar-refractivity contribution in [3.63, 3.8) is 0 Å². The van der Waals surface area contributed by atoms with Gasteiger partial charge in [0, 0.05) is 6.42 Å². The molecule has 1 aliphatic heterocycles. The number of carbonyl (C=O) groups is 1. The third-order valence-corrected chi connectivity index (χ3v) is 17.7. The summed E-state index contributed by atoms with van der Waals surface area (Å²) in [5, 5.41) is 54.8. The van der Waals surface area contributed by atoms with E-state index in [1.54, 1.807) is 6.08 Å². The Kier molecular flexibility index (Phi) is 60.7. The zero-order valence-electron chi connectivity index (χ0n) is 55.0. The molecule has 0 bridgehead atoms. The molecule has 7 unspecified atom stereocenters. The molecule has 0 aromatic heterocycles. The van der Waals surface area contributed by atoms with Gasteiger partial charge >= 0.3 is 0 Å². The summed E-state index contributed by atoms with van der Waals surface area (Å²) >= 11 is 0. The van der Waals surface area contributed by atoms with Crippen molar-refractivity contribution in [2.45, 2.75) is 416 Å². The summed E-state index contributed by atoms with van der Waals surface area (Å²) in [6.45, 7) is 3.83. The molecular weight excluding hydrogens is 1030 g/mol. The highest BCUT2D eigenvalue weighted by atomic mass is 16.7. The zero-order valence-corrected chi connectivity index (χ0v) is 55.0. The van der Waals surface area contributed by atoms with E-state index in [1.807, 2.05) is 6.08 Å². The van der Waals surface area contributed by atoms with Gasteiger partial charge in [0.15, 0.2) is 6.29 Å². The van der Waals surface area contributed by atoms with Gasteiger partial charge in [0.25, 0.3) is 0 Å². The summed E-state index contributed by atoms with van der Waals surface area (Å²) < 4.78 is 11.3. The van der Waals surface area contributed by atoms with E-state index in [1.165, 1.54) is 308 Å². The van der Waals surface area contributed by atoms with Crippen molar-refractivity contribution in [1.29, 1.82) is 0 Å². The third-order valence-electron chi connectivity index (χ3n) is 17.7. The van der Waals surface area contributed by atoms with Gasteiger partial charge in [-0.1, -0.05) is 352 Å². The van der Waals surface area contributed by atoms with Crippen LogP contribution in [0.15, 0.2) is 36.5 Å². The number of ether oxygens (including phenoxy) is 2. The monoisotopic (exact) mass is 1170 g/mol. The normalized spacial score (nSPS) is 18.4. The largest absolute Gasteiger partial charge is 0.394 e. The van der Waals surface area contributed by atoms with Crippen molar-refractivity contribution in [3.05, 3.63) is 36.5 Å². The van der Waals surface area contributed by atoms with Gasteiger partial charge in [-0.3, -0.25) is 4.79 Å². The average Bonchev–Trinajstić information content (AvgIpc) is 3.60. The number of unbranched alkanes of at least 4 members (excludes halogenated alkanes) is 51. The first-order valence-corrected chi connectivity index (χ1v) is 36.7. The van der Waals surface area contributed by atoms with E-state index in [9.17, 15) is 30.3 Å². The summed E-state index contributed by atoms with van der Waals surface area (Å²) in [4.78, 5) is 13.1. The Balaban J connectivity index is 2.11. The van der Waals surface area contributed by atoms with Crippen molar-refractivity contribution < 1.29 is 39.8 Å². The fourth-order valence-electron chi connectivity index (χ4n) is 12.0. The first-order valence-electron chi connectivity index (χ1n) is 36.7. The fourth-order valence-corrected chi connectivity index (χ4v) is 12.0. The molecule has 1 rings (SSSR count). The summed E-state index contributed by atoms with van der Waals surface area (Å²) in [6.07, 6.45) is 78.3. The Hall–Kier alpha value is -1.59. The maximum Gasteiger partial charge on any atom is 0.220 e. The van der Waals surface area contributed by atoms with Crippen molar-refractivity contribution in [3.8, 4) is 0 Å². The zero-order chi connectivity index (χ0) is 60.0. The Morgan fingerprint density at radius 3 is 1.04 bits per heavy atom. The van der Waals surface area contributed by atoms with Gasteiger partial charge < -0.3 is 40.3 Å². The smallest absolute Gasteiger partial charge is 0.220 e. The maximum absolute atomic E-state index is 13.1. The van der Waals surface area contributed by atoms with Gasteiger partial charge in [0.2, 0.25) is 5.91 Å². The molecule has 0 aliphatic carbocycles. The summed E-state index contributed by atoms with van der Waals surface area (Å²) in [6, 6.07) is -0.806. The van der Waals surface area contributed by atoms with Crippen LogP contribution in [0.4, 0.5) is 0 Å². The predicted molar refractivity (Wildman–Crippen MR) is 355 cm³/mol. The molecule has 9 heteroatoms. The van der Waals surface area contributed by atoms with Crippen LogP contribution in [-0.2, 0) is 14.3 Å². The van der Waals surface area contributed by atoms with Crippen LogP contribution in [0, 0.1) is 0 Å². The second kappa shape index (κ2) is 63.4. The van der Waals surface area contributed by atoms with Crippen LogP contribution in [0.25, 0.3) is 0 Å². The number of amides is 1. The third kappa shape index (κ3) is 52.1. The van der Waals surface area contributed by atoms with Gasteiger partial charge in [-0.2, -0.15) is 0 Å². The molecule has 83 heavy (non-hydrogen) atoms. The lowest BCUT2D eigenvalue weighted by atomic mass is 9.99. The lowest BCUT2D eigenvalue weighted by Gasteiger charge is -2.40. The fraction of sp³-hybridized carbons (Fsp3) is 0.905. The Morgan fingerprint density at radius 1 is 0.410 bits per heavy atom. The van der Waals surface area contributed by atoms with Crippen molar-refractivity contribution in [2.24, 2.45) is 0 Å². The molecule has 6 N–H and O–H groups in total. The van der Waals surface area contributed by atoms with E-state index in [-0.39, 0.29) is 12.5 Å². The van der Waals surface area contributed by atoms with Crippen LogP contribution < -0.4 is 5.32 Å². The van der Waals surface area contributed by atoms with E-state index in [2.05, 4.69) is 43.5 Å². The van der Waals surface area contributed by atoms with E-state index < -0.39 is 49.5 Å². The molecule has 0 radical (unpaired) electrons. The number of hydrogen-bond donors (Lipinski definition) is 6. The molecule has 0 aromatic carbocycles. The Morgan fingerprint density at radius 2 is 0.711 bits per heavy atom. The van der Waals surface area contributed by atoms with E-state index >= 15 is 0 Å². The topological polar surface area (TPSA) is 149 Å². The molecule has 1 fully saturated rings. The van der Waals surface area contributed by atoms with Gasteiger partial charge in [-0.15, -0.1) is 0 Å². The SMILES string of the molecule is CCCCCCC/C=C\C/C=C\CCCCCCCCCCCCCCCCCCCC(=O)NC(COC1OC(CO)C(O)C(O)C1O)C(O)/C=C/CCCCCCCCCCCCCCCCCCCCCCCCCCCCCCC. The molecule has 1 amide bonds. The molecule has 9 nitrogen and oxygen atoms in total. The second-order valence-electron chi connectivity index (χ2n) is 25.7. The molecular formula is C74H141NO8. The van der Waals surface area contributed by atoms with Gasteiger partial charge in [-0.05, 0) is 51.4 Å². The van der Waals surface area contributed by atoms with Crippen LogP contribution in [0.1, 0.15) is 373 Å². The second-order valence-corrected chi connectivity index (χ2v) is 25.7. The number of carbonyl (C=O) groups excluding carboxylic acids is 1. The number of rotatable bonds is 65. The highest BCUT2D eigenvalue weighted by Gasteiger charge is 2.44. The molecule has 490 valence electrons. The molecule has 7 atom stereocenters. The number of allylic oxidation sites excluding steroid dienone is 5. The number of aliphatic hydroxyl groups is 5. The molecule has 0 aromatic rings. The molecule has 1 heterocycles. The van der Waals surface area contributed by atoms with Gasteiger partial charge in [0.05, 0.1) is 25.4 Å². The van der Waals surface area contributed by atoms with E-state index in [4.69, 9.17) is 9.47 Å². The van der Waals surface area contributed by atoms with Crippen LogP contribution in [-0.4, -0.2) is 87.5 Å². The summed E-state index contributed by atoms with van der Waals surface area (Å²) in [7, 11) is 0. The number of hydrogen-bond acceptors (Lipinski definition) is 8. The van der Waals surface area contributed by atoms with Gasteiger partial charge in [-0.25, -0.2) is 0 Å². The lowest BCUT2D eigenvalue weighted by Crippen LogP contribution is -2.60. The molecule has 1 saturated heterocycles. The Bertz CT molecular complexity index is 1410. The summed E-state index contributed by atoms with van der Waals surface area (Å²) in [5.41, 5.74) is 0. The quantitative estimate of drug-likeness (QED) is 0.0261. The van der Waals surface area contributed by atoms with E-state index in [0.29, 0.717) is 6.42 Å². The van der Waals surface area contributed by atoms with E-state index in [0.717, 1.165) is 44.9 Å². The minimum atomic E-state index is -1.57. The lowest BCUT2D eigenvalue weighted by molar-refractivity contribution is -0.302. The number of nitrogens with one attached hydrogen (secondary N) is 1. The molecule has 0 saturated carbocycles. The van der Waals surface area contributed by atoms with Crippen LogP contribution >= 0.6 is 0 Å². The standard InChI is InChI=1S/C74H141NO8/c1-3-5-7-9-11-13-15-17-19-21-23-25-27-29-31-33-34-36-37-39-41-43-45-47-49-51-53-55-57-59-61-63-68(77)67(66-82-74-73(81)72(80)71(79)69(65-76)83-74)75-70(78)64-62-60-58-56-54-52-50-48-46-44-42-40-38-35-32-30-28-26-24-22-20-18-16-14-12-10-8-6-4-2/h16,18,22,24,61,63,67-69,71-74,76-77,79-81H,3-15,17,19-21,23,25-60,62,64-66H2,1-2H3,(H,75,78)/b18-16-,24-22-,63-61+. The molecule has 0 spiro atoms. The van der Waals surface area contributed by atoms with Crippen LogP contribution in [0.5, 0.6) is 0 Å². The minimum absolute atomic E-state index is 0.170. The summed E-state index contributed by atoms with van der Waals surface area (Å²) in [5.74, 6) is -0.170. The number of aliphatic hydroxyl groups excluding tert-OH is 5. The van der Waals surface area contributed by atoms with Crippen LogP contribution in [0.3, 0.4) is 0 Å². The highest BCUT2D eigenvalue weighted by Crippen LogP contribution is 2.24. The average molecular weight is 1170 g/mol. The van der Waals surface area contributed by atoms with Crippen LogP contribution in [0.2, 0.25) is 0 Å². The Labute approximate surface area is 514 Å². The maximum atomic E-state index is 13.1. The first kappa shape index (κ1) is 79.4. The predicted octanol–water partition coefficient (Wildman–Crippen LogP) is 20.2.